The first-order chi connectivity index (χ1) is 9.54. The van der Waals surface area contributed by atoms with Crippen molar-refractivity contribution in [3.63, 3.8) is 0 Å². The molecule has 1 aromatic carbocycles. The fraction of sp³-hybridized carbons (Fsp3) is 0.429. The third-order valence-electron chi connectivity index (χ3n) is 4.12. The number of imide groups is 1. The van der Waals surface area contributed by atoms with Gasteiger partial charge in [-0.15, -0.1) is 0 Å². The molecule has 6 heteroatoms. The summed E-state index contributed by atoms with van der Waals surface area (Å²) in [5, 5.41) is 2.35. The zero-order valence-corrected chi connectivity index (χ0v) is 11.5. The minimum absolute atomic E-state index is 0.00243. The summed E-state index contributed by atoms with van der Waals surface area (Å²) in [6.07, 6.45) is 4.02. The lowest BCUT2D eigenvalue weighted by Crippen LogP contribution is -2.51. The number of amides is 3. The van der Waals surface area contributed by atoms with E-state index >= 15 is 0 Å². The highest BCUT2D eigenvalue weighted by molar-refractivity contribution is 6.30. The van der Waals surface area contributed by atoms with Gasteiger partial charge in [0.2, 0.25) is 0 Å². The molecule has 0 bridgehead atoms. The number of anilines is 1. The number of carbonyl (C=O) groups is 2. The molecule has 1 saturated carbocycles. The second kappa shape index (κ2) is 4.74. The quantitative estimate of drug-likeness (QED) is 0.809. The lowest BCUT2D eigenvalue weighted by atomic mass is 9.80. The molecule has 1 saturated heterocycles. The van der Waals surface area contributed by atoms with Crippen LogP contribution in [-0.4, -0.2) is 17.5 Å². The predicted octanol–water partition coefficient (Wildman–Crippen LogP) is 3.24. The number of halogens is 2. The Morgan fingerprint density at radius 1 is 1.20 bits per heavy atom. The van der Waals surface area contributed by atoms with Gasteiger partial charge in [-0.3, -0.25) is 15.0 Å². The molecule has 1 spiro atoms. The van der Waals surface area contributed by atoms with Crippen LogP contribution in [0.25, 0.3) is 0 Å². The summed E-state index contributed by atoms with van der Waals surface area (Å²) in [4.78, 5) is 25.7. The maximum absolute atomic E-state index is 13.6. The Morgan fingerprint density at radius 3 is 2.55 bits per heavy atom. The van der Waals surface area contributed by atoms with Crippen LogP contribution in [0.15, 0.2) is 18.2 Å². The van der Waals surface area contributed by atoms with E-state index in [4.69, 9.17) is 11.6 Å². The van der Waals surface area contributed by atoms with E-state index in [1.54, 1.807) is 6.07 Å². The van der Waals surface area contributed by atoms with Crippen molar-refractivity contribution in [2.24, 2.45) is 0 Å². The average Bonchev–Trinajstić information content (AvgIpc) is 2.65. The number of hydrogen-bond donors (Lipinski definition) is 1. The van der Waals surface area contributed by atoms with E-state index in [9.17, 15) is 14.0 Å². The number of rotatable bonds is 1. The largest absolute Gasteiger partial charge is 0.329 e. The van der Waals surface area contributed by atoms with Crippen molar-refractivity contribution in [2.45, 2.75) is 37.6 Å². The predicted molar refractivity (Wildman–Crippen MR) is 73.2 cm³/mol. The van der Waals surface area contributed by atoms with E-state index < -0.39 is 17.4 Å². The fourth-order valence-electron chi connectivity index (χ4n) is 3.14. The van der Waals surface area contributed by atoms with Crippen LogP contribution >= 0.6 is 11.6 Å². The van der Waals surface area contributed by atoms with Gasteiger partial charge in [0.05, 0.1) is 5.02 Å². The Kier molecular flexibility index (Phi) is 3.17. The van der Waals surface area contributed by atoms with Crippen LogP contribution in [0.3, 0.4) is 0 Å². The Hall–Kier alpha value is -1.62. The highest BCUT2D eigenvalue weighted by Gasteiger charge is 2.53. The maximum atomic E-state index is 13.6. The summed E-state index contributed by atoms with van der Waals surface area (Å²) in [6.45, 7) is 0. The van der Waals surface area contributed by atoms with E-state index in [1.165, 1.54) is 17.0 Å². The molecule has 2 aliphatic rings. The Morgan fingerprint density at radius 2 is 1.90 bits per heavy atom. The van der Waals surface area contributed by atoms with Crippen LogP contribution in [0.4, 0.5) is 14.9 Å². The average molecular weight is 297 g/mol. The topological polar surface area (TPSA) is 49.4 Å². The lowest BCUT2D eigenvalue weighted by Gasteiger charge is -2.38. The SMILES string of the molecule is O=C1NC(=O)C2(CCCCC2)N1c1ccc(Cl)c(F)c1. The van der Waals surface area contributed by atoms with Crippen molar-refractivity contribution in [3.8, 4) is 0 Å². The summed E-state index contributed by atoms with van der Waals surface area (Å²) >= 11 is 5.67. The lowest BCUT2D eigenvalue weighted by molar-refractivity contribution is -0.124. The second-order valence-electron chi connectivity index (χ2n) is 5.29. The smallest absolute Gasteiger partial charge is 0.279 e. The van der Waals surface area contributed by atoms with Gasteiger partial charge in [-0.05, 0) is 31.0 Å². The summed E-state index contributed by atoms with van der Waals surface area (Å²) in [5.41, 5.74) is -0.493. The van der Waals surface area contributed by atoms with Crippen LogP contribution in [0.1, 0.15) is 32.1 Å². The zero-order chi connectivity index (χ0) is 14.3. The molecule has 20 heavy (non-hydrogen) atoms. The second-order valence-corrected chi connectivity index (χ2v) is 5.69. The molecule has 1 aromatic rings. The van der Waals surface area contributed by atoms with Gasteiger partial charge in [0.25, 0.3) is 5.91 Å². The van der Waals surface area contributed by atoms with Crippen LogP contribution < -0.4 is 10.2 Å². The van der Waals surface area contributed by atoms with Gasteiger partial charge in [0.1, 0.15) is 11.4 Å². The standard InChI is InChI=1S/C14H14ClFN2O2/c15-10-5-4-9(8-11(10)16)18-13(20)17-12(19)14(18)6-2-1-3-7-14/h4-5,8H,1-3,6-7H2,(H,17,19,20). The Balaban J connectivity index is 2.06. The molecule has 4 nitrogen and oxygen atoms in total. The Bertz CT molecular complexity index is 585. The molecule has 1 N–H and O–H groups in total. The number of nitrogens with zero attached hydrogens (tertiary/aromatic N) is 1. The van der Waals surface area contributed by atoms with Crippen molar-refractivity contribution in [1.82, 2.24) is 5.32 Å². The minimum Gasteiger partial charge on any atom is -0.279 e. The molecule has 1 heterocycles. The van der Waals surface area contributed by atoms with E-state index in [2.05, 4.69) is 5.32 Å². The van der Waals surface area contributed by atoms with E-state index in [0.29, 0.717) is 18.5 Å². The number of urea groups is 1. The van der Waals surface area contributed by atoms with E-state index in [-0.39, 0.29) is 10.9 Å². The zero-order valence-electron chi connectivity index (χ0n) is 10.8. The third-order valence-corrected chi connectivity index (χ3v) is 4.42. The van der Waals surface area contributed by atoms with Gasteiger partial charge < -0.3 is 0 Å². The molecule has 0 atom stereocenters. The van der Waals surface area contributed by atoms with Gasteiger partial charge in [-0.25, -0.2) is 9.18 Å². The molecule has 106 valence electrons. The van der Waals surface area contributed by atoms with Gasteiger partial charge in [0, 0.05) is 5.69 Å². The number of nitrogens with one attached hydrogen (secondary N) is 1. The highest BCUT2D eigenvalue weighted by Crippen LogP contribution is 2.40. The van der Waals surface area contributed by atoms with E-state index in [1.807, 2.05) is 0 Å². The third kappa shape index (κ3) is 1.88. The van der Waals surface area contributed by atoms with Crippen molar-refractivity contribution in [3.05, 3.63) is 29.0 Å². The van der Waals surface area contributed by atoms with Crippen molar-refractivity contribution in [1.29, 1.82) is 0 Å². The van der Waals surface area contributed by atoms with Crippen molar-refractivity contribution in [2.75, 3.05) is 4.90 Å². The van der Waals surface area contributed by atoms with Crippen LogP contribution in [0, 0.1) is 5.82 Å². The Labute approximate surface area is 120 Å². The van der Waals surface area contributed by atoms with Gasteiger partial charge in [-0.1, -0.05) is 30.9 Å². The van der Waals surface area contributed by atoms with Gasteiger partial charge >= 0.3 is 6.03 Å². The molecule has 1 aliphatic carbocycles. The molecule has 3 rings (SSSR count). The summed E-state index contributed by atoms with van der Waals surface area (Å²) < 4.78 is 13.6. The molecule has 1 aliphatic heterocycles. The number of hydrogen-bond acceptors (Lipinski definition) is 2. The number of carbonyl (C=O) groups excluding carboxylic acids is 2. The molecule has 3 amide bonds. The molecule has 2 fully saturated rings. The van der Waals surface area contributed by atoms with Crippen LogP contribution in [-0.2, 0) is 4.79 Å². The first-order valence-electron chi connectivity index (χ1n) is 6.65. The summed E-state index contributed by atoms with van der Waals surface area (Å²) in [6, 6.07) is 3.69. The molecular formula is C14H14ClFN2O2. The summed E-state index contributed by atoms with van der Waals surface area (Å²) in [7, 11) is 0. The van der Waals surface area contributed by atoms with Gasteiger partial charge in [0.15, 0.2) is 0 Å². The number of benzene rings is 1. The first kappa shape index (κ1) is 13.4. The maximum Gasteiger partial charge on any atom is 0.329 e. The summed E-state index contributed by atoms with van der Waals surface area (Å²) in [5.74, 6) is -0.875. The highest BCUT2D eigenvalue weighted by atomic mass is 35.5. The van der Waals surface area contributed by atoms with Crippen LogP contribution in [0.5, 0.6) is 0 Å². The molecule has 0 unspecified atom stereocenters. The monoisotopic (exact) mass is 296 g/mol. The van der Waals surface area contributed by atoms with Crippen LogP contribution in [0.2, 0.25) is 5.02 Å². The fourth-order valence-corrected chi connectivity index (χ4v) is 3.26. The van der Waals surface area contributed by atoms with Crippen molar-refractivity contribution < 1.29 is 14.0 Å². The van der Waals surface area contributed by atoms with Crippen molar-refractivity contribution >= 4 is 29.2 Å². The minimum atomic E-state index is -0.865. The van der Waals surface area contributed by atoms with Gasteiger partial charge in [-0.2, -0.15) is 0 Å². The molecule has 0 radical (unpaired) electrons. The first-order valence-corrected chi connectivity index (χ1v) is 7.03. The normalized spacial score (nSPS) is 21.4. The molecular weight excluding hydrogens is 283 g/mol. The molecule has 0 aromatic heterocycles. The van der Waals surface area contributed by atoms with E-state index in [0.717, 1.165) is 19.3 Å².